The van der Waals surface area contributed by atoms with E-state index in [1.807, 2.05) is 18.2 Å². The van der Waals surface area contributed by atoms with Crippen LogP contribution in [0.5, 0.6) is 0 Å². The molecule has 0 fully saturated rings. The first-order chi connectivity index (χ1) is 6.59. The molecule has 2 aromatic rings. The summed E-state index contributed by atoms with van der Waals surface area (Å²) < 4.78 is 1.91. The fourth-order valence-corrected chi connectivity index (χ4v) is 3.13. The number of carbonyl (C=O) groups is 1. The Bertz CT molecular complexity index is 523. The average Bonchev–Trinajstić information content (AvgIpc) is 2.43. The van der Waals surface area contributed by atoms with Gasteiger partial charge in [-0.25, -0.2) is 0 Å². The molecule has 2 N–H and O–H groups in total. The van der Waals surface area contributed by atoms with E-state index >= 15 is 0 Å². The summed E-state index contributed by atoms with van der Waals surface area (Å²) in [7, 11) is 0. The van der Waals surface area contributed by atoms with Gasteiger partial charge in [0.25, 0.3) is 5.91 Å². The molecule has 1 heterocycles. The van der Waals surface area contributed by atoms with Gasteiger partial charge >= 0.3 is 0 Å². The van der Waals surface area contributed by atoms with Gasteiger partial charge in [0.1, 0.15) is 4.88 Å². The molecule has 0 unspecified atom stereocenters. The van der Waals surface area contributed by atoms with Crippen LogP contribution in [0.25, 0.3) is 10.1 Å². The third-order valence-corrected chi connectivity index (χ3v) is 3.98. The molecular formula is C9H5BrClNOS. The van der Waals surface area contributed by atoms with Crippen LogP contribution in [0.2, 0.25) is 5.02 Å². The molecule has 1 aromatic carbocycles. The van der Waals surface area contributed by atoms with E-state index in [4.69, 9.17) is 17.3 Å². The highest BCUT2D eigenvalue weighted by molar-refractivity contribution is 9.10. The molecule has 0 saturated carbocycles. The van der Waals surface area contributed by atoms with Gasteiger partial charge in [-0.2, -0.15) is 0 Å². The molecule has 2 nitrogen and oxygen atoms in total. The maximum atomic E-state index is 11.0. The molecule has 14 heavy (non-hydrogen) atoms. The van der Waals surface area contributed by atoms with E-state index in [0.29, 0.717) is 9.90 Å². The predicted molar refractivity (Wildman–Crippen MR) is 63.1 cm³/mol. The molecular weight excluding hydrogens is 286 g/mol. The van der Waals surface area contributed by atoms with Gasteiger partial charge < -0.3 is 5.73 Å². The van der Waals surface area contributed by atoms with E-state index in [1.54, 1.807) is 0 Å². The Morgan fingerprint density at radius 1 is 1.50 bits per heavy atom. The topological polar surface area (TPSA) is 43.1 Å². The summed E-state index contributed by atoms with van der Waals surface area (Å²) >= 11 is 10.7. The number of benzene rings is 1. The van der Waals surface area contributed by atoms with Crippen LogP contribution in [0, 0.1) is 0 Å². The highest BCUT2D eigenvalue weighted by atomic mass is 79.9. The summed E-state index contributed by atoms with van der Waals surface area (Å²) in [5, 5.41) is 1.32. The zero-order valence-corrected chi connectivity index (χ0v) is 10.0. The maximum absolute atomic E-state index is 11.0. The number of hydrogen-bond acceptors (Lipinski definition) is 2. The average molecular weight is 291 g/mol. The largest absolute Gasteiger partial charge is 0.365 e. The molecule has 72 valence electrons. The number of nitrogens with two attached hydrogens (primary N) is 1. The minimum absolute atomic E-state index is 0.416. The summed E-state index contributed by atoms with van der Waals surface area (Å²) in [5.41, 5.74) is 5.19. The van der Waals surface area contributed by atoms with Gasteiger partial charge in [0.2, 0.25) is 0 Å². The van der Waals surface area contributed by atoms with Gasteiger partial charge in [0.15, 0.2) is 0 Å². The van der Waals surface area contributed by atoms with Crippen LogP contribution in [0.1, 0.15) is 9.67 Å². The molecule has 0 aliphatic carbocycles. The summed E-state index contributed by atoms with van der Waals surface area (Å²) in [5.74, 6) is -0.479. The highest BCUT2D eigenvalue weighted by Crippen LogP contribution is 2.36. The van der Waals surface area contributed by atoms with Gasteiger partial charge in [-0.3, -0.25) is 4.79 Å². The number of primary amides is 1. The zero-order chi connectivity index (χ0) is 10.3. The quantitative estimate of drug-likeness (QED) is 0.859. The number of carbonyl (C=O) groups excluding carboxylic acids is 1. The second kappa shape index (κ2) is 3.53. The van der Waals surface area contributed by atoms with Crippen LogP contribution >= 0.6 is 38.9 Å². The van der Waals surface area contributed by atoms with Crippen LogP contribution in [-0.2, 0) is 0 Å². The van der Waals surface area contributed by atoms with Crippen molar-refractivity contribution in [2.24, 2.45) is 5.73 Å². The second-order valence-electron chi connectivity index (χ2n) is 2.75. The van der Waals surface area contributed by atoms with Crippen LogP contribution in [0.4, 0.5) is 0 Å². The van der Waals surface area contributed by atoms with E-state index < -0.39 is 5.91 Å². The third-order valence-electron chi connectivity index (χ3n) is 1.82. The Hall–Kier alpha value is -0.580. The van der Waals surface area contributed by atoms with Crippen molar-refractivity contribution in [2.75, 3.05) is 0 Å². The second-order valence-corrected chi connectivity index (χ2v) is 5.10. The number of fused-ring (bicyclic) bond motifs is 1. The molecule has 0 saturated heterocycles. The summed E-state index contributed by atoms with van der Waals surface area (Å²) in [6.45, 7) is 0. The van der Waals surface area contributed by atoms with E-state index in [9.17, 15) is 4.79 Å². The molecule has 0 aliphatic rings. The summed E-state index contributed by atoms with van der Waals surface area (Å²) in [4.78, 5) is 11.4. The Balaban J connectivity index is 2.79. The number of hydrogen-bond donors (Lipinski definition) is 1. The number of thiophene rings is 1. The highest BCUT2D eigenvalue weighted by Gasteiger charge is 2.14. The monoisotopic (exact) mass is 289 g/mol. The van der Waals surface area contributed by atoms with Crippen molar-refractivity contribution >= 4 is 54.9 Å². The molecule has 1 aromatic heterocycles. The van der Waals surface area contributed by atoms with Crippen LogP contribution < -0.4 is 5.73 Å². The first-order valence-corrected chi connectivity index (χ1v) is 5.75. The van der Waals surface area contributed by atoms with Gasteiger partial charge in [-0.15, -0.1) is 11.3 Å². The van der Waals surface area contributed by atoms with Crippen molar-refractivity contribution in [3.8, 4) is 0 Å². The van der Waals surface area contributed by atoms with Crippen molar-refractivity contribution in [1.82, 2.24) is 0 Å². The number of rotatable bonds is 1. The normalized spacial score (nSPS) is 10.7. The van der Waals surface area contributed by atoms with Crippen molar-refractivity contribution in [1.29, 1.82) is 0 Å². The Labute approximate surface area is 97.8 Å². The molecule has 1 amide bonds. The van der Waals surface area contributed by atoms with Crippen LogP contribution in [-0.4, -0.2) is 5.91 Å². The van der Waals surface area contributed by atoms with Crippen LogP contribution in [0.15, 0.2) is 22.7 Å². The van der Waals surface area contributed by atoms with Crippen molar-refractivity contribution in [3.05, 3.63) is 32.6 Å². The first kappa shape index (κ1) is 9.96. The number of amides is 1. The predicted octanol–water partition coefficient (Wildman–Crippen LogP) is 3.42. The van der Waals surface area contributed by atoms with Gasteiger partial charge in [-0.05, 0) is 12.1 Å². The lowest BCUT2D eigenvalue weighted by atomic mass is 10.2. The number of halogens is 2. The van der Waals surface area contributed by atoms with Crippen LogP contribution in [0.3, 0.4) is 0 Å². The molecule has 0 spiro atoms. The standard InChI is InChI=1S/C9H5BrClNOS/c10-4-1-2-5-6(3-4)14-8(7(5)11)9(12)13/h1-3H,(H2,12,13). The van der Waals surface area contributed by atoms with Crippen molar-refractivity contribution in [2.45, 2.75) is 0 Å². The Kier molecular flexibility index (Phi) is 2.51. The lowest BCUT2D eigenvalue weighted by Gasteiger charge is -1.90. The zero-order valence-electron chi connectivity index (χ0n) is 6.88. The molecule has 0 aliphatic heterocycles. The Morgan fingerprint density at radius 3 is 2.86 bits per heavy atom. The summed E-state index contributed by atoms with van der Waals surface area (Å²) in [6.07, 6.45) is 0. The smallest absolute Gasteiger partial charge is 0.260 e. The maximum Gasteiger partial charge on any atom is 0.260 e. The fraction of sp³-hybridized carbons (Fsp3) is 0. The summed E-state index contributed by atoms with van der Waals surface area (Å²) in [6, 6.07) is 5.66. The van der Waals surface area contributed by atoms with E-state index in [2.05, 4.69) is 15.9 Å². The minimum atomic E-state index is -0.479. The lowest BCUT2D eigenvalue weighted by Crippen LogP contribution is -2.08. The third kappa shape index (κ3) is 1.54. The van der Waals surface area contributed by atoms with E-state index in [1.165, 1.54) is 11.3 Å². The van der Waals surface area contributed by atoms with Gasteiger partial charge in [0.05, 0.1) is 5.02 Å². The lowest BCUT2D eigenvalue weighted by molar-refractivity contribution is 0.100. The molecule has 2 rings (SSSR count). The van der Waals surface area contributed by atoms with E-state index in [0.717, 1.165) is 14.6 Å². The van der Waals surface area contributed by atoms with Crippen molar-refractivity contribution < 1.29 is 4.79 Å². The van der Waals surface area contributed by atoms with Gasteiger partial charge in [0, 0.05) is 14.6 Å². The van der Waals surface area contributed by atoms with Gasteiger partial charge in [-0.1, -0.05) is 33.6 Å². The molecule has 0 atom stereocenters. The Morgan fingerprint density at radius 2 is 2.21 bits per heavy atom. The van der Waals surface area contributed by atoms with E-state index in [-0.39, 0.29) is 0 Å². The fourth-order valence-electron chi connectivity index (χ4n) is 1.20. The van der Waals surface area contributed by atoms with Crippen molar-refractivity contribution in [3.63, 3.8) is 0 Å². The molecule has 0 bridgehead atoms. The molecule has 0 radical (unpaired) electrons. The molecule has 5 heteroatoms. The minimum Gasteiger partial charge on any atom is -0.365 e. The SMILES string of the molecule is NC(=O)c1sc2cc(Br)ccc2c1Cl. The first-order valence-electron chi connectivity index (χ1n) is 3.77.